The Bertz CT molecular complexity index is 1420. The topological polar surface area (TPSA) is 45.8 Å². The highest BCUT2D eigenvalue weighted by Crippen LogP contribution is 2.44. The van der Waals surface area contributed by atoms with Gasteiger partial charge in [0.15, 0.2) is 6.10 Å². The highest BCUT2D eigenvalue weighted by molar-refractivity contribution is 5.60. The molecule has 1 N–H and O–H groups in total. The zero-order valence-corrected chi connectivity index (χ0v) is 20.4. The molecule has 0 radical (unpaired) electrons. The molecule has 40 heavy (non-hydrogen) atoms. The number of ether oxygens (including phenoxy) is 1. The van der Waals surface area contributed by atoms with Gasteiger partial charge in [-0.15, -0.1) is 0 Å². The summed E-state index contributed by atoms with van der Waals surface area (Å²) in [6, 6.07) is 19.3. The molecule has 1 aromatic heterocycles. The number of hydrogen-bond donors (Lipinski definition) is 1. The Morgan fingerprint density at radius 3 is 2.10 bits per heavy atom. The summed E-state index contributed by atoms with van der Waals surface area (Å²) in [6.07, 6.45) is -12.2. The molecule has 0 saturated carbocycles. The summed E-state index contributed by atoms with van der Waals surface area (Å²) in [6.45, 7) is -1.55. The first-order valence-electron chi connectivity index (χ1n) is 11.7. The lowest BCUT2D eigenvalue weighted by Crippen LogP contribution is -2.41. The fraction of sp³-hybridized carbons (Fsp3) is 0.214. The average Bonchev–Trinajstić information content (AvgIpc) is 3.43. The van der Waals surface area contributed by atoms with E-state index in [2.05, 4.69) is 0 Å². The van der Waals surface area contributed by atoms with Crippen LogP contribution in [-0.4, -0.2) is 30.1 Å². The second-order valence-electron chi connectivity index (χ2n) is 8.82. The lowest BCUT2D eigenvalue weighted by Gasteiger charge is -2.29. The number of furan rings is 1. The summed E-state index contributed by atoms with van der Waals surface area (Å²) in [5.41, 5.74) is -0.698. The van der Waals surface area contributed by atoms with Crippen molar-refractivity contribution in [1.29, 1.82) is 0 Å². The van der Waals surface area contributed by atoms with Gasteiger partial charge in [0, 0.05) is 29.4 Å². The molecule has 0 aliphatic rings. The van der Waals surface area contributed by atoms with E-state index in [0.717, 1.165) is 11.0 Å². The molecule has 0 aliphatic heterocycles. The molecule has 0 fully saturated rings. The molecule has 0 spiro atoms. The van der Waals surface area contributed by atoms with Crippen molar-refractivity contribution < 1.29 is 49.4 Å². The molecule has 1 heterocycles. The van der Waals surface area contributed by atoms with Gasteiger partial charge in [0.2, 0.25) is 0 Å². The summed E-state index contributed by atoms with van der Waals surface area (Å²) in [4.78, 5) is 1.01. The first-order chi connectivity index (χ1) is 18.7. The summed E-state index contributed by atoms with van der Waals surface area (Å²) >= 11 is 0. The van der Waals surface area contributed by atoms with Gasteiger partial charge in [-0.3, -0.25) is 0 Å². The number of aliphatic hydroxyl groups is 1. The van der Waals surface area contributed by atoms with Crippen molar-refractivity contribution in [3.05, 3.63) is 102 Å². The van der Waals surface area contributed by atoms with Crippen LogP contribution in [0.15, 0.2) is 95.6 Å². The first-order valence-corrected chi connectivity index (χ1v) is 11.7. The number of nitrogens with zero attached hydrogens (tertiary/aromatic N) is 1. The minimum absolute atomic E-state index is 0.0935. The van der Waals surface area contributed by atoms with E-state index < -0.39 is 43.0 Å². The predicted octanol–water partition coefficient (Wildman–Crippen LogP) is 8.32. The average molecular weight is 571 g/mol. The molecule has 4 rings (SSSR count). The van der Waals surface area contributed by atoms with Gasteiger partial charge in [0.05, 0.1) is 12.8 Å². The van der Waals surface area contributed by atoms with E-state index in [4.69, 9.17) is 9.15 Å². The summed E-state index contributed by atoms with van der Waals surface area (Å²) in [5, 5.41) is 9.74. The quantitative estimate of drug-likeness (QED) is 0.205. The summed E-state index contributed by atoms with van der Waals surface area (Å²) in [7, 11) is 0. The molecular weight excluding hydrogens is 550 g/mol. The molecule has 4 aromatic rings. The van der Waals surface area contributed by atoms with E-state index in [-0.39, 0.29) is 17.0 Å². The Balaban J connectivity index is 1.63. The molecule has 3 aromatic carbocycles. The number of aliphatic hydroxyl groups excluding tert-OH is 1. The molecule has 0 amide bonds. The van der Waals surface area contributed by atoms with E-state index in [1.807, 2.05) is 0 Å². The third kappa shape index (κ3) is 6.74. The van der Waals surface area contributed by atoms with Crippen LogP contribution in [0.2, 0.25) is 0 Å². The Hall–Kier alpha value is -4.06. The predicted molar refractivity (Wildman–Crippen MR) is 130 cm³/mol. The van der Waals surface area contributed by atoms with Crippen LogP contribution >= 0.6 is 0 Å². The molecule has 4 nitrogen and oxygen atoms in total. The third-order valence-corrected chi connectivity index (χ3v) is 5.85. The first kappa shape index (κ1) is 28.9. The largest absolute Gasteiger partial charge is 0.464 e. The van der Waals surface area contributed by atoms with E-state index >= 15 is 0 Å². The van der Waals surface area contributed by atoms with Gasteiger partial charge in [-0.1, -0.05) is 36.4 Å². The van der Waals surface area contributed by atoms with E-state index in [1.54, 1.807) is 36.4 Å². The van der Waals surface area contributed by atoms with Crippen molar-refractivity contribution in [2.24, 2.45) is 0 Å². The Morgan fingerprint density at radius 2 is 1.45 bits per heavy atom. The van der Waals surface area contributed by atoms with E-state index in [0.29, 0.717) is 29.2 Å². The maximum absolute atomic E-state index is 13.9. The molecule has 12 heteroatoms. The molecule has 1 atom stereocenters. The lowest BCUT2D eigenvalue weighted by molar-refractivity contribution is -0.289. The van der Waals surface area contributed by atoms with Gasteiger partial charge in [0.1, 0.15) is 17.3 Å². The maximum Gasteiger partial charge on any atom is 0.458 e. The minimum Gasteiger partial charge on any atom is -0.464 e. The van der Waals surface area contributed by atoms with Crippen LogP contribution in [0.25, 0.3) is 11.3 Å². The van der Waals surface area contributed by atoms with Crippen LogP contribution in [0.1, 0.15) is 11.1 Å². The van der Waals surface area contributed by atoms with Crippen molar-refractivity contribution in [2.45, 2.75) is 30.9 Å². The number of anilines is 1. The van der Waals surface area contributed by atoms with Gasteiger partial charge < -0.3 is 19.2 Å². The fourth-order valence-corrected chi connectivity index (χ4v) is 3.86. The normalized spacial score (nSPS) is 13.2. The van der Waals surface area contributed by atoms with E-state index in [9.17, 15) is 40.2 Å². The van der Waals surface area contributed by atoms with Crippen molar-refractivity contribution in [1.82, 2.24) is 0 Å². The van der Waals surface area contributed by atoms with Crippen molar-refractivity contribution in [3.8, 4) is 22.8 Å². The Morgan fingerprint density at radius 1 is 0.775 bits per heavy atom. The van der Waals surface area contributed by atoms with Gasteiger partial charge in [-0.25, -0.2) is 0 Å². The summed E-state index contributed by atoms with van der Waals surface area (Å²) < 4.78 is 117. The molecular formula is C28H21F8NO3. The SMILES string of the molecule is O[C@H](CN(Cc1cccc(C(F)(F)C(F)(F)F)c1)c1cccc(Oc2cccc(-c3ccco3)c2)c1)C(F)(F)F. The van der Waals surface area contributed by atoms with Gasteiger partial charge in [-0.2, -0.15) is 35.1 Å². The van der Waals surface area contributed by atoms with Crippen LogP contribution in [0, 0.1) is 0 Å². The van der Waals surface area contributed by atoms with Crippen LogP contribution in [0.3, 0.4) is 0 Å². The van der Waals surface area contributed by atoms with Crippen LogP contribution in [0.5, 0.6) is 11.5 Å². The van der Waals surface area contributed by atoms with E-state index in [1.165, 1.54) is 36.6 Å². The number of rotatable bonds is 9. The molecule has 0 bridgehead atoms. The van der Waals surface area contributed by atoms with Crippen LogP contribution < -0.4 is 9.64 Å². The van der Waals surface area contributed by atoms with Crippen molar-refractivity contribution in [2.75, 3.05) is 11.4 Å². The summed E-state index contributed by atoms with van der Waals surface area (Å²) in [5.74, 6) is -4.03. The second-order valence-corrected chi connectivity index (χ2v) is 8.82. The minimum atomic E-state index is -5.86. The fourth-order valence-electron chi connectivity index (χ4n) is 3.86. The number of halogens is 8. The monoisotopic (exact) mass is 571 g/mol. The van der Waals surface area contributed by atoms with Gasteiger partial charge in [0.25, 0.3) is 0 Å². The lowest BCUT2D eigenvalue weighted by atomic mass is 10.0. The molecule has 0 saturated heterocycles. The molecule has 0 aliphatic carbocycles. The third-order valence-electron chi connectivity index (χ3n) is 5.85. The zero-order chi connectivity index (χ0) is 29.1. The highest BCUT2D eigenvalue weighted by Gasteiger charge is 2.58. The van der Waals surface area contributed by atoms with Crippen molar-refractivity contribution in [3.63, 3.8) is 0 Å². The van der Waals surface area contributed by atoms with Crippen molar-refractivity contribution >= 4 is 5.69 Å². The van der Waals surface area contributed by atoms with Crippen LogP contribution in [0.4, 0.5) is 40.8 Å². The number of hydrogen-bond acceptors (Lipinski definition) is 4. The standard InChI is InChI=1S/C28H21F8NO3/c29-26(30,28(34,35)36)20-7-1-5-18(13-20)16-37(17-25(38)27(31,32)33)21-8-3-10-23(15-21)40-22-9-2-6-19(14-22)24-11-4-12-39-24/h1-15,25,38H,16-17H2/t25-/m1/s1. The maximum atomic E-state index is 13.9. The second kappa shape index (κ2) is 11.2. The Labute approximate surface area is 223 Å². The highest BCUT2D eigenvalue weighted by atomic mass is 19.4. The number of alkyl halides is 8. The smallest absolute Gasteiger partial charge is 0.458 e. The zero-order valence-electron chi connectivity index (χ0n) is 20.4. The van der Waals surface area contributed by atoms with Gasteiger partial charge in [-0.05, 0) is 48.0 Å². The molecule has 0 unspecified atom stereocenters. The van der Waals surface area contributed by atoms with Gasteiger partial charge >= 0.3 is 18.3 Å². The number of benzene rings is 3. The Kier molecular flexibility index (Phi) is 8.10. The van der Waals surface area contributed by atoms with Crippen LogP contribution in [-0.2, 0) is 12.5 Å². The molecule has 212 valence electrons.